The normalized spacial score (nSPS) is 13.8. The highest BCUT2D eigenvalue weighted by atomic mass is 35.5. The molecule has 0 unspecified atom stereocenters. The first-order chi connectivity index (χ1) is 11.3. The lowest BCUT2D eigenvalue weighted by Crippen LogP contribution is -2.33. The van der Waals surface area contributed by atoms with E-state index in [-0.39, 0.29) is 0 Å². The Balaban J connectivity index is 1.65. The van der Waals surface area contributed by atoms with Gasteiger partial charge in [0.25, 0.3) is 0 Å². The zero-order valence-corrected chi connectivity index (χ0v) is 13.5. The molecule has 120 valence electrons. The second-order valence-electron chi connectivity index (χ2n) is 4.87. The Labute approximate surface area is 139 Å². The third-order valence-corrected chi connectivity index (χ3v) is 3.64. The van der Waals surface area contributed by atoms with Crippen LogP contribution in [0.4, 0.5) is 5.69 Å². The van der Waals surface area contributed by atoms with E-state index in [1.165, 1.54) is 0 Å². The van der Waals surface area contributed by atoms with Crippen molar-refractivity contribution >= 4 is 23.2 Å². The van der Waals surface area contributed by atoms with Crippen LogP contribution in [-0.2, 0) is 11.4 Å². The van der Waals surface area contributed by atoms with E-state index in [2.05, 4.69) is 15.3 Å². The number of benzene rings is 1. The van der Waals surface area contributed by atoms with Crippen molar-refractivity contribution in [2.24, 2.45) is 4.99 Å². The Morgan fingerprint density at radius 3 is 3.00 bits per heavy atom. The summed E-state index contributed by atoms with van der Waals surface area (Å²) in [6.07, 6.45) is 1.74. The second kappa shape index (κ2) is 7.30. The Morgan fingerprint density at radius 1 is 1.30 bits per heavy atom. The number of nitrogens with zero attached hydrogens (tertiary/aromatic N) is 3. The van der Waals surface area contributed by atoms with Crippen molar-refractivity contribution in [2.75, 3.05) is 25.5 Å². The first-order valence-corrected chi connectivity index (χ1v) is 7.59. The Kier molecular flexibility index (Phi) is 4.95. The zero-order chi connectivity index (χ0) is 16.1. The number of guanidine groups is 1. The molecule has 0 spiro atoms. The highest BCUT2D eigenvalue weighted by molar-refractivity contribution is 6.33. The van der Waals surface area contributed by atoms with Crippen molar-refractivity contribution in [1.82, 2.24) is 10.0 Å². The van der Waals surface area contributed by atoms with E-state index in [9.17, 15) is 0 Å². The summed E-state index contributed by atoms with van der Waals surface area (Å²) >= 11 is 6.21. The summed E-state index contributed by atoms with van der Waals surface area (Å²) in [5.41, 5.74) is 1.58. The van der Waals surface area contributed by atoms with Crippen molar-refractivity contribution in [3.05, 3.63) is 53.3 Å². The predicted octanol–water partition coefficient (Wildman–Crippen LogP) is 2.96. The molecule has 2 aromatic rings. The van der Waals surface area contributed by atoms with Gasteiger partial charge in [-0.25, -0.2) is 10.1 Å². The van der Waals surface area contributed by atoms with Crippen LogP contribution in [0.5, 0.6) is 5.75 Å². The van der Waals surface area contributed by atoms with Gasteiger partial charge in [-0.3, -0.25) is 9.82 Å². The number of ether oxygens (including phenoxy) is 1. The molecule has 3 rings (SSSR count). The van der Waals surface area contributed by atoms with Crippen molar-refractivity contribution in [2.45, 2.75) is 6.61 Å². The van der Waals surface area contributed by atoms with Crippen LogP contribution in [0.3, 0.4) is 0 Å². The molecule has 0 saturated heterocycles. The van der Waals surface area contributed by atoms with Gasteiger partial charge in [-0.05, 0) is 24.3 Å². The molecular weight excluding hydrogens is 316 g/mol. The molecule has 1 aromatic heterocycles. The quantitative estimate of drug-likeness (QED) is 0.912. The Bertz CT molecular complexity index is 694. The van der Waals surface area contributed by atoms with Gasteiger partial charge in [-0.1, -0.05) is 17.7 Å². The van der Waals surface area contributed by atoms with Crippen LogP contribution in [0.2, 0.25) is 5.02 Å². The average molecular weight is 333 g/mol. The topological polar surface area (TPSA) is 59.0 Å². The van der Waals surface area contributed by atoms with Crippen molar-refractivity contribution in [3.63, 3.8) is 0 Å². The summed E-state index contributed by atoms with van der Waals surface area (Å²) in [7, 11) is 1.61. The van der Waals surface area contributed by atoms with Crippen molar-refractivity contribution < 1.29 is 9.57 Å². The fourth-order valence-corrected chi connectivity index (χ4v) is 2.30. The van der Waals surface area contributed by atoms with Crippen molar-refractivity contribution in [1.29, 1.82) is 0 Å². The van der Waals surface area contributed by atoms with Crippen LogP contribution in [-0.4, -0.2) is 36.2 Å². The minimum Gasteiger partial charge on any atom is -0.497 e. The molecule has 1 aliphatic rings. The number of hydrogen-bond acceptors (Lipinski definition) is 6. The molecule has 6 nitrogen and oxygen atoms in total. The van der Waals surface area contributed by atoms with Gasteiger partial charge < -0.3 is 10.1 Å². The van der Waals surface area contributed by atoms with Crippen LogP contribution < -0.4 is 10.1 Å². The fraction of sp³-hybridized carbons (Fsp3) is 0.250. The van der Waals surface area contributed by atoms with E-state index in [1.807, 2.05) is 24.3 Å². The van der Waals surface area contributed by atoms with Crippen LogP contribution >= 0.6 is 11.6 Å². The summed E-state index contributed by atoms with van der Waals surface area (Å²) in [5.74, 6) is 1.34. The molecule has 0 aliphatic carbocycles. The molecular formula is C16H17ClN4O2. The van der Waals surface area contributed by atoms with Crippen LogP contribution in [0.15, 0.2) is 47.6 Å². The number of anilines is 1. The standard InChI is InChI=1S/C16H17ClN4O2/c1-22-13-5-6-14(17)15(10-13)20-16-19-8-9-21(16)23-11-12-4-2-3-7-18-12/h2-7,10H,8-9,11H2,1H3,(H,19,20). The highest BCUT2D eigenvalue weighted by Gasteiger charge is 2.19. The number of pyridine rings is 1. The molecule has 7 heteroatoms. The number of hydroxylamine groups is 2. The SMILES string of the molecule is COc1ccc(Cl)c(NC2=NCCN2OCc2ccccn2)c1. The van der Waals surface area contributed by atoms with Gasteiger partial charge >= 0.3 is 0 Å². The molecule has 0 bridgehead atoms. The molecule has 2 heterocycles. The number of methoxy groups -OCH3 is 1. The van der Waals surface area contributed by atoms with Gasteiger partial charge in [0.2, 0.25) is 5.96 Å². The summed E-state index contributed by atoms with van der Waals surface area (Å²) in [6.45, 7) is 1.72. The largest absolute Gasteiger partial charge is 0.497 e. The van der Waals surface area contributed by atoms with Crippen LogP contribution in [0, 0.1) is 0 Å². The van der Waals surface area contributed by atoms with E-state index in [1.54, 1.807) is 30.5 Å². The van der Waals surface area contributed by atoms with Crippen molar-refractivity contribution in [3.8, 4) is 5.75 Å². The molecule has 1 aromatic carbocycles. The van der Waals surface area contributed by atoms with Gasteiger partial charge in [0.05, 0.1) is 36.6 Å². The van der Waals surface area contributed by atoms with Crippen LogP contribution in [0.25, 0.3) is 0 Å². The number of aliphatic imine (C=N–C) groups is 1. The molecule has 0 radical (unpaired) electrons. The average Bonchev–Trinajstić information content (AvgIpc) is 3.03. The maximum atomic E-state index is 6.21. The minimum atomic E-state index is 0.382. The van der Waals surface area contributed by atoms with E-state index in [0.717, 1.165) is 17.1 Å². The summed E-state index contributed by atoms with van der Waals surface area (Å²) in [6, 6.07) is 11.1. The number of nitrogens with one attached hydrogen (secondary N) is 1. The monoisotopic (exact) mass is 332 g/mol. The highest BCUT2D eigenvalue weighted by Crippen LogP contribution is 2.27. The number of rotatable bonds is 5. The van der Waals surface area contributed by atoms with Gasteiger partial charge in [0.1, 0.15) is 12.4 Å². The first-order valence-electron chi connectivity index (χ1n) is 7.21. The molecule has 1 N–H and O–H groups in total. The Hall–Kier alpha value is -2.31. The number of halogens is 1. The molecule has 0 saturated carbocycles. The maximum absolute atomic E-state index is 6.21. The minimum absolute atomic E-state index is 0.382. The smallest absolute Gasteiger partial charge is 0.223 e. The molecule has 1 aliphatic heterocycles. The van der Waals surface area contributed by atoms with E-state index < -0.39 is 0 Å². The summed E-state index contributed by atoms with van der Waals surface area (Å²) < 4.78 is 5.21. The summed E-state index contributed by atoms with van der Waals surface area (Å²) in [5, 5.41) is 5.49. The maximum Gasteiger partial charge on any atom is 0.223 e. The Morgan fingerprint density at radius 2 is 2.22 bits per heavy atom. The molecule has 0 amide bonds. The molecule has 0 fully saturated rings. The second-order valence-corrected chi connectivity index (χ2v) is 5.28. The number of hydrogen-bond donors (Lipinski definition) is 1. The van der Waals surface area contributed by atoms with Crippen LogP contribution in [0.1, 0.15) is 5.69 Å². The first kappa shape index (κ1) is 15.6. The molecule has 23 heavy (non-hydrogen) atoms. The van der Waals surface area contributed by atoms with Gasteiger partial charge in [0, 0.05) is 12.3 Å². The molecule has 0 atom stereocenters. The lowest BCUT2D eigenvalue weighted by molar-refractivity contribution is -0.104. The lowest BCUT2D eigenvalue weighted by Gasteiger charge is -2.20. The van der Waals surface area contributed by atoms with Gasteiger partial charge in [-0.15, -0.1) is 0 Å². The van der Waals surface area contributed by atoms with Gasteiger partial charge in [0.15, 0.2) is 0 Å². The van der Waals surface area contributed by atoms with E-state index in [4.69, 9.17) is 21.2 Å². The third-order valence-electron chi connectivity index (χ3n) is 3.32. The zero-order valence-electron chi connectivity index (χ0n) is 12.7. The third kappa shape index (κ3) is 3.91. The van der Waals surface area contributed by atoms with Gasteiger partial charge in [-0.2, -0.15) is 0 Å². The lowest BCUT2D eigenvalue weighted by atomic mass is 10.3. The van der Waals surface area contributed by atoms with E-state index >= 15 is 0 Å². The predicted molar refractivity (Wildman–Crippen MR) is 89.7 cm³/mol. The number of aromatic nitrogens is 1. The fourth-order valence-electron chi connectivity index (χ4n) is 2.13. The van der Waals surface area contributed by atoms with E-state index in [0.29, 0.717) is 30.7 Å². The summed E-state index contributed by atoms with van der Waals surface area (Å²) in [4.78, 5) is 14.4.